The number of H-pyrrole nitrogens is 1. The summed E-state index contributed by atoms with van der Waals surface area (Å²) in [5.41, 5.74) is 1.32. The van der Waals surface area contributed by atoms with Crippen LogP contribution in [0.2, 0.25) is 0 Å². The number of methoxy groups -OCH3 is 3. The third-order valence-electron chi connectivity index (χ3n) is 5.57. The molecule has 39 heavy (non-hydrogen) atoms. The van der Waals surface area contributed by atoms with Gasteiger partial charge in [0.2, 0.25) is 0 Å². The number of carbonyl (C=O) groups excluding carboxylic acids is 3. The Morgan fingerprint density at radius 3 is 2.05 bits per heavy atom. The summed E-state index contributed by atoms with van der Waals surface area (Å²) in [5, 5.41) is 22.1. The lowest BCUT2D eigenvalue weighted by molar-refractivity contribution is 0.0579. The van der Waals surface area contributed by atoms with Gasteiger partial charge in [-0.1, -0.05) is 0 Å². The van der Waals surface area contributed by atoms with E-state index in [0.29, 0.717) is 35.3 Å². The van der Waals surface area contributed by atoms with Crippen LogP contribution in [0.25, 0.3) is 0 Å². The Kier molecular flexibility index (Phi) is 11.2. The van der Waals surface area contributed by atoms with Gasteiger partial charge in [0.25, 0.3) is 0 Å². The van der Waals surface area contributed by atoms with E-state index >= 15 is 0 Å². The van der Waals surface area contributed by atoms with Crippen molar-refractivity contribution in [2.75, 3.05) is 21.3 Å². The summed E-state index contributed by atoms with van der Waals surface area (Å²) in [7, 11) is 4.83. The highest BCUT2D eigenvalue weighted by atomic mass is 16.5. The SMILES string of the molecule is COC(=O)c1ccn(C2CC2)n1.COC(=O)c1ccn[nH]1.COC(=O)c1ccnn1C1CC1.O[B]OC1CC1. The number of nitrogens with one attached hydrogen (secondary N) is 1. The fraction of sp³-hybridized carbons (Fsp3) is 0.500. The molecular formula is C24H32BN6O8. The first kappa shape index (κ1) is 29.6. The van der Waals surface area contributed by atoms with E-state index in [2.05, 4.69) is 39.3 Å². The molecule has 0 aliphatic heterocycles. The Hall–Kier alpha value is -3.98. The summed E-state index contributed by atoms with van der Waals surface area (Å²) < 4.78 is 21.7. The standard InChI is InChI=1S/2C8H10N2O2.C5H6N2O2.C3H6BO2/c1-12-8(11)7-4-5-10(9-7)6-2-3-6;1-12-8(11)7-4-5-9-10(7)6-2-3-6;1-9-5(8)4-2-3-6-7-4;5-4-6-3-1-2-3/h2*4-6H,2-3H2,1H3;2-3H,1H3,(H,6,7);3,5H,1-2H2. The van der Waals surface area contributed by atoms with Crippen molar-refractivity contribution in [1.29, 1.82) is 0 Å². The van der Waals surface area contributed by atoms with Gasteiger partial charge < -0.3 is 23.9 Å². The molecule has 14 nitrogen and oxygen atoms in total. The van der Waals surface area contributed by atoms with Crippen molar-refractivity contribution >= 4 is 25.6 Å². The maximum absolute atomic E-state index is 11.1. The van der Waals surface area contributed by atoms with Crippen LogP contribution in [0, 0.1) is 0 Å². The Labute approximate surface area is 225 Å². The van der Waals surface area contributed by atoms with Crippen LogP contribution in [0.4, 0.5) is 0 Å². The second kappa shape index (κ2) is 14.8. The second-order valence-electron chi connectivity index (χ2n) is 8.69. The van der Waals surface area contributed by atoms with Gasteiger partial charge in [0.05, 0.1) is 33.4 Å². The van der Waals surface area contributed by atoms with Gasteiger partial charge in [0.15, 0.2) is 5.69 Å². The summed E-state index contributed by atoms with van der Waals surface area (Å²) in [5.74, 6) is -1.07. The monoisotopic (exact) mass is 543 g/mol. The van der Waals surface area contributed by atoms with E-state index in [-0.39, 0.29) is 11.9 Å². The summed E-state index contributed by atoms with van der Waals surface area (Å²) >= 11 is 0. The third-order valence-corrected chi connectivity index (χ3v) is 5.57. The lowest BCUT2D eigenvalue weighted by Crippen LogP contribution is -2.10. The Balaban J connectivity index is 0.000000148. The fourth-order valence-electron chi connectivity index (χ4n) is 3.05. The normalized spacial score (nSPS) is 15.2. The highest BCUT2D eigenvalue weighted by Gasteiger charge is 2.28. The third kappa shape index (κ3) is 9.69. The van der Waals surface area contributed by atoms with Gasteiger partial charge >= 0.3 is 25.6 Å². The number of nitrogens with zero attached hydrogens (tertiary/aromatic N) is 5. The van der Waals surface area contributed by atoms with Gasteiger partial charge in [-0.15, -0.1) is 0 Å². The molecule has 3 aromatic rings. The smallest absolute Gasteiger partial charge is 0.464 e. The molecule has 3 aliphatic carbocycles. The van der Waals surface area contributed by atoms with Gasteiger partial charge in [-0.25, -0.2) is 14.4 Å². The average Bonchev–Trinajstić information content (AvgIpc) is 3.96. The summed E-state index contributed by atoms with van der Waals surface area (Å²) in [6, 6.07) is 5.86. The molecule has 2 N–H and O–H groups in total. The largest absolute Gasteiger partial charge is 0.485 e. The molecule has 0 aromatic carbocycles. The van der Waals surface area contributed by atoms with Gasteiger partial charge in [-0.3, -0.25) is 14.5 Å². The minimum absolute atomic E-state index is 0.306. The second-order valence-corrected chi connectivity index (χ2v) is 8.69. The molecule has 0 bridgehead atoms. The lowest BCUT2D eigenvalue weighted by Gasteiger charge is -2.02. The van der Waals surface area contributed by atoms with E-state index in [0.717, 1.165) is 33.4 Å². The number of esters is 3. The van der Waals surface area contributed by atoms with Crippen molar-refractivity contribution in [1.82, 2.24) is 29.8 Å². The number of hydrogen-bond acceptors (Lipinski definition) is 11. The number of rotatable bonds is 7. The van der Waals surface area contributed by atoms with Crippen molar-refractivity contribution in [2.45, 2.75) is 56.7 Å². The Bertz CT molecular complexity index is 1190. The van der Waals surface area contributed by atoms with Gasteiger partial charge in [-0.2, -0.15) is 15.3 Å². The minimum Gasteiger partial charge on any atom is -0.464 e. The molecule has 3 aromatic heterocycles. The van der Waals surface area contributed by atoms with Crippen LogP contribution in [0.1, 0.15) is 82.1 Å². The molecule has 15 heteroatoms. The van der Waals surface area contributed by atoms with Crippen LogP contribution in [0.5, 0.6) is 0 Å². The van der Waals surface area contributed by atoms with Crippen LogP contribution >= 0.6 is 0 Å². The molecule has 0 spiro atoms. The van der Waals surface area contributed by atoms with Crippen molar-refractivity contribution in [3.05, 3.63) is 53.9 Å². The molecular weight excluding hydrogens is 511 g/mol. The fourth-order valence-corrected chi connectivity index (χ4v) is 3.05. The van der Waals surface area contributed by atoms with Crippen LogP contribution in [-0.2, 0) is 18.9 Å². The molecule has 3 saturated carbocycles. The Morgan fingerprint density at radius 1 is 0.897 bits per heavy atom. The van der Waals surface area contributed by atoms with Gasteiger partial charge in [-0.05, 0) is 56.7 Å². The molecule has 1 radical (unpaired) electrons. The van der Waals surface area contributed by atoms with Crippen LogP contribution in [-0.4, -0.2) is 87.8 Å². The maximum Gasteiger partial charge on any atom is 0.485 e. The molecule has 209 valence electrons. The maximum atomic E-state index is 11.1. The highest BCUT2D eigenvalue weighted by molar-refractivity contribution is 6.16. The van der Waals surface area contributed by atoms with Gasteiger partial charge in [0, 0.05) is 24.7 Å². The van der Waals surface area contributed by atoms with E-state index in [9.17, 15) is 14.4 Å². The van der Waals surface area contributed by atoms with Gasteiger partial charge in [0.1, 0.15) is 11.4 Å². The summed E-state index contributed by atoms with van der Waals surface area (Å²) in [6.45, 7) is 0. The Morgan fingerprint density at radius 2 is 1.56 bits per heavy atom. The lowest BCUT2D eigenvalue weighted by atomic mass is 10.4. The highest BCUT2D eigenvalue weighted by Crippen LogP contribution is 2.35. The molecule has 6 rings (SSSR count). The number of ether oxygens (including phenoxy) is 3. The van der Waals surface area contributed by atoms with Crippen molar-refractivity contribution in [2.24, 2.45) is 0 Å². The minimum atomic E-state index is -0.396. The van der Waals surface area contributed by atoms with E-state index in [1.165, 1.54) is 40.4 Å². The van der Waals surface area contributed by atoms with Crippen LogP contribution in [0.15, 0.2) is 36.8 Å². The van der Waals surface area contributed by atoms with E-state index in [4.69, 9.17) is 5.02 Å². The number of aromatic nitrogens is 6. The zero-order valence-corrected chi connectivity index (χ0v) is 22.1. The molecule has 0 saturated heterocycles. The average molecular weight is 543 g/mol. The van der Waals surface area contributed by atoms with Crippen LogP contribution in [0.3, 0.4) is 0 Å². The van der Waals surface area contributed by atoms with Crippen LogP contribution < -0.4 is 0 Å². The quantitative estimate of drug-likeness (QED) is 0.253. The molecule has 0 amide bonds. The molecule has 3 fully saturated rings. The van der Waals surface area contributed by atoms with Crippen molar-refractivity contribution < 1.29 is 38.3 Å². The number of aromatic amines is 1. The first-order valence-electron chi connectivity index (χ1n) is 12.4. The zero-order chi connectivity index (χ0) is 28.2. The molecule has 0 unspecified atom stereocenters. The van der Waals surface area contributed by atoms with Crippen molar-refractivity contribution in [3.8, 4) is 0 Å². The molecule has 3 aliphatic rings. The predicted molar refractivity (Wildman–Crippen MR) is 136 cm³/mol. The van der Waals surface area contributed by atoms with E-state index in [1.807, 2.05) is 10.9 Å². The first-order valence-corrected chi connectivity index (χ1v) is 12.4. The topological polar surface area (TPSA) is 173 Å². The number of hydrogen-bond donors (Lipinski definition) is 2. The van der Waals surface area contributed by atoms with E-state index < -0.39 is 5.97 Å². The number of carbonyl (C=O) groups is 3. The van der Waals surface area contributed by atoms with E-state index in [1.54, 1.807) is 29.1 Å². The predicted octanol–water partition coefficient (Wildman–Crippen LogP) is 1.90. The zero-order valence-electron chi connectivity index (χ0n) is 22.1. The summed E-state index contributed by atoms with van der Waals surface area (Å²) in [4.78, 5) is 32.7. The first-order chi connectivity index (χ1) is 18.9. The van der Waals surface area contributed by atoms with Crippen molar-refractivity contribution in [3.63, 3.8) is 0 Å². The molecule has 0 atom stereocenters. The molecule has 3 heterocycles. The summed E-state index contributed by atoms with van der Waals surface area (Å²) in [6.07, 6.45) is 12.1.